The van der Waals surface area contributed by atoms with Gasteiger partial charge in [-0.2, -0.15) is 0 Å². The lowest BCUT2D eigenvalue weighted by Gasteiger charge is -2.37. The highest BCUT2D eigenvalue weighted by molar-refractivity contribution is 7.13. The number of thiazole rings is 1. The number of carbonyl (C=O) groups excluding carboxylic acids is 2. The number of amides is 2. The van der Waals surface area contributed by atoms with Crippen molar-refractivity contribution in [1.82, 2.24) is 9.88 Å². The number of carbonyl (C=O) groups is 2. The minimum atomic E-state index is -0.515. The van der Waals surface area contributed by atoms with E-state index in [-0.39, 0.29) is 18.2 Å². The first-order chi connectivity index (χ1) is 14.3. The van der Waals surface area contributed by atoms with Gasteiger partial charge in [0.25, 0.3) is 0 Å². The Labute approximate surface area is 182 Å². The second-order valence-corrected chi connectivity index (χ2v) is 8.95. The van der Waals surface area contributed by atoms with Gasteiger partial charge >= 0.3 is 6.09 Å². The summed E-state index contributed by atoms with van der Waals surface area (Å²) < 4.78 is 5.09. The number of nitrogens with zero attached hydrogens (tertiary/aromatic N) is 3. The molecule has 1 aromatic heterocycles. The maximum Gasteiger partial charge on any atom is 0.413 e. The number of anilines is 2. The highest BCUT2D eigenvalue weighted by Crippen LogP contribution is 2.23. The number of ether oxygens (including phenoxy) is 1. The minimum Gasteiger partial charge on any atom is -0.449 e. The van der Waals surface area contributed by atoms with Crippen LogP contribution in [0.15, 0.2) is 23.6 Å². The maximum atomic E-state index is 12.7. The number of hydrogen-bond acceptors (Lipinski definition) is 6. The lowest BCUT2D eigenvalue weighted by atomic mass is 10.1. The Morgan fingerprint density at radius 2 is 1.93 bits per heavy atom. The summed E-state index contributed by atoms with van der Waals surface area (Å²) in [5.74, 6) is 0.338. The Bertz CT molecular complexity index is 888. The van der Waals surface area contributed by atoms with E-state index in [1.165, 1.54) is 28.2 Å². The van der Waals surface area contributed by atoms with Crippen molar-refractivity contribution in [2.75, 3.05) is 43.0 Å². The predicted octanol–water partition coefficient (Wildman–Crippen LogP) is 3.86. The molecule has 1 saturated heterocycles. The van der Waals surface area contributed by atoms with E-state index >= 15 is 0 Å². The molecule has 2 amide bonds. The summed E-state index contributed by atoms with van der Waals surface area (Å²) in [6.45, 7) is 11.6. The lowest BCUT2D eigenvalue weighted by molar-refractivity contribution is -0.130. The van der Waals surface area contributed by atoms with Crippen LogP contribution in [0.4, 0.5) is 15.6 Å². The molecule has 0 atom stereocenters. The Balaban J connectivity index is 1.49. The molecule has 0 unspecified atom stereocenters. The van der Waals surface area contributed by atoms with Crippen molar-refractivity contribution in [1.29, 1.82) is 0 Å². The van der Waals surface area contributed by atoms with Crippen LogP contribution in [0.3, 0.4) is 0 Å². The van der Waals surface area contributed by atoms with Gasteiger partial charge in [-0.05, 0) is 37.0 Å². The summed E-state index contributed by atoms with van der Waals surface area (Å²) in [7, 11) is 0. The van der Waals surface area contributed by atoms with Gasteiger partial charge in [0.05, 0.1) is 18.7 Å². The summed E-state index contributed by atoms with van der Waals surface area (Å²) in [6, 6.07) is 6.48. The minimum absolute atomic E-state index is 0.0647. The highest BCUT2D eigenvalue weighted by Gasteiger charge is 2.23. The molecule has 0 radical (unpaired) electrons. The van der Waals surface area contributed by atoms with E-state index in [4.69, 9.17) is 4.74 Å². The molecule has 8 heteroatoms. The van der Waals surface area contributed by atoms with Crippen LogP contribution in [0.5, 0.6) is 0 Å². The quantitative estimate of drug-likeness (QED) is 0.753. The lowest BCUT2D eigenvalue weighted by Crippen LogP contribution is -2.49. The van der Waals surface area contributed by atoms with Crippen LogP contribution in [0, 0.1) is 19.8 Å². The number of benzene rings is 1. The third kappa shape index (κ3) is 5.95. The van der Waals surface area contributed by atoms with Gasteiger partial charge in [-0.15, -0.1) is 11.3 Å². The van der Waals surface area contributed by atoms with Crippen LogP contribution in [0.2, 0.25) is 0 Å². The zero-order chi connectivity index (χ0) is 21.7. The molecule has 7 nitrogen and oxygen atoms in total. The molecule has 0 bridgehead atoms. The third-order valence-electron chi connectivity index (χ3n) is 4.98. The molecular formula is C22H30N4O3S. The Kier molecular flexibility index (Phi) is 7.31. The standard InChI is InChI=1S/C22H30N4O3S/c1-15(2)13-29-22(28)24-21-23-18(14-30-21)12-20(27)26-9-7-25(8-10-26)19-11-16(3)5-6-17(19)4/h5-6,11,14-15H,7-10,12-13H2,1-4H3,(H,23,24,28). The zero-order valence-corrected chi connectivity index (χ0v) is 18.9. The van der Waals surface area contributed by atoms with Crippen LogP contribution in [-0.2, 0) is 16.0 Å². The monoisotopic (exact) mass is 430 g/mol. The second kappa shape index (κ2) is 9.93. The molecule has 3 rings (SSSR count). The molecular weight excluding hydrogens is 400 g/mol. The van der Waals surface area contributed by atoms with Crippen LogP contribution >= 0.6 is 11.3 Å². The fourth-order valence-electron chi connectivity index (χ4n) is 3.33. The topological polar surface area (TPSA) is 74.8 Å². The van der Waals surface area contributed by atoms with Gasteiger partial charge in [0, 0.05) is 37.2 Å². The summed E-state index contributed by atoms with van der Waals surface area (Å²) in [5, 5.41) is 4.88. The van der Waals surface area contributed by atoms with Gasteiger partial charge in [0.1, 0.15) is 0 Å². The second-order valence-electron chi connectivity index (χ2n) is 8.10. The molecule has 2 aromatic rings. The van der Waals surface area contributed by atoms with Gasteiger partial charge in [-0.3, -0.25) is 10.1 Å². The molecule has 30 heavy (non-hydrogen) atoms. The smallest absolute Gasteiger partial charge is 0.413 e. The molecule has 0 aliphatic carbocycles. The number of hydrogen-bond donors (Lipinski definition) is 1. The normalized spacial score (nSPS) is 14.2. The first kappa shape index (κ1) is 22.1. The molecule has 1 N–H and O–H groups in total. The Morgan fingerprint density at radius 3 is 2.63 bits per heavy atom. The van der Waals surface area contributed by atoms with Gasteiger partial charge in [-0.1, -0.05) is 26.0 Å². The van der Waals surface area contributed by atoms with Crippen molar-refractivity contribution in [3.05, 3.63) is 40.4 Å². The fourth-order valence-corrected chi connectivity index (χ4v) is 4.03. The summed E-state index contributed by atoms with van der Waals surface area (Å²) in [5.41, 5.74) is 4.42. The molecule has 0 saturated carbocycles. The highest BCUT2D eigenvalue weighted by atomic mass is 32.1. The van der Waals surface area contributed by atoms with E-state index in [1.807, 2.05) is 24.1 Å². The fraction of sp³-hybridized carbons (Fsp3) is 0.500. The van der Waals surface area contributed by atoms with Crippen LogP contribution < -0.4 is 10.2 Å². The van der Waals surface area contributed by atoms with E-state index in [0.717, 1.165) is 13.1 Å². The average Bonchev–Trinajstić information content (AvgIpc) is 3.15. The average molecular weight is 431 g/mol. The van der Waals surface area contributed by atoms with Crippen molar-refractivity contribution >= 4 is 34.2 Å². The third-order valence-corrected chi connectivity index (χ3v) is 5.79. The van der Waals surface area contributed by atoms with Gasteiger partial charge in [-0.25, -0.2) is 9.78 Å². The van der Waals surface area contributed by atoms with E-state index < -0.39 is 6.09 Å². The predicted molar refractivity (Wildman–Crippen MR) is 120 cm³/mol. The number of piperazine rings is 1. The molecule has 1 fully saturated rings. The van der Waals surface area contributed by atoms with Crippen molar-refractivity contribution in [2.24, 2.45) is 5.92 Å². The molecule has 162 valence electrons. The number of aromatic nitrogens is 1. The van der Waals surface area contributed by atoms with Gasteiger partial charge in [0.15, 0.2) is 5.13 Å². The summed E-state index contributed by atoms with van der Waals surface area (Å²) >= 11 is 1.30. The van der Waals surface area contributed by atoms with E-state index in [9.17, 15) is 9.59 Å². The van der Waals surface area contributed by atoms with E-state index in [0.29, 0.717) is 30.5 Å². The summed E-state index contributed by atoms with van der Waals surface area (Å²) in [6.07, 6.45) is -0.277. The zero-order valence-electron chi connectivity index (χ0n) is 18.1. The van der Waals surface area contributed by atoms with Crippen molar-refractivity contribution in [3.63, 3.8) is 0 Å². The van der Waals surface area contributed by atoms with E-state index in [2.05, 4.69) is 47.2 Å². The van der Waals surface area contributed by atoms with Crippen molar-refractivity contribution in [3.8, 4) is 0 Å². The van der Waals surface area contributed by atoms with Gasteiger partial charge in [0.2, 0.25) is 5.91 Å². The van der Waals surface area contributed by atoms with Crippen molar-refractivity contribution in [2.45, 2.75) is 34.1 Å². The number of aryl methyl sites for hydroxylation is 2. The molecule has 1 aliphatic rings. The SMILES string of the molecule is Cc1ccc(C)c(N2CCN(C(=O)Cc3csc(NC(=O)OCC(C)C)n3)CC2)c1. The Hall–Kier alpha value is -2.61. The van der Waals surface area contributed by atoms with Gasteiger partial charge < -0.3 is 14.5 Å². The molecule has 1 aromatic carbocycles. The molecule has 2 heterocycles. The van der Waals surface area contributed by atoms with Crippen LogP contribution in [0.25, 0.3) is 0 Å². The van der Waals surface area contributed by atoms with Crippen molar-refractivity contribution < 1.29 is 14.3 Å². The first-order valence-electron chi connectivity index (χ1n) is 10.3. The molecule has 1 aliphatic heterocycles. The van der Waals surface area contributed by atoms with Crippen LogP contribution in [-0.4, -0.2) is 54.7 Å². The number of rotatable bonds is 6. The summed E-state index contributed by atoms with van der Waals surface area (Å²) in [4.78, 5) is 33.0. The number of nitrogens with one attached hydrogen (secondary N) is 1. The maximum absolute atomic E-state index is 12.7. The Morgan fingerprint density at radius 1 is 1.20 bits per heavy atom. The first-order valence-corrected chi connectivity index (χ1v) is 11.2. The van der Waals surface area contributed by atoms with Crippen LogP contribution in [0.1, 0.15) is 30.7 Å². The molecule has 0 spiro atoms. The van der Waals surface area contributed by atoms with E-state index in [1.54, 1.807) is 0 Å². The largest absolute Gasteiger partial charge is 0.449 e.